The molecular formula is C19H18N9O5S2+. The first kappa shape index (κ1) is 22.7. The van der Waals surface area contributed by atoms with E-state index in [4.69, 9.17) is 10.6 Å². The highest BCUT2D eigenvalue weighted by Crippen LogP contribution is 2.44. The lowest BCUT2D eigenvalue weighted by Crippen LogP contribution is -2.72. The minimum Gasteiger partial charge on any atom is -0.476 e. The molecule has 2 amide bonds. The predicted molar refractivity (Wildman–Crippen MR) is 124 cm³/mol. The lowest BCUT2D eigenvalue weighted by Gasteiger charge is -2.50. The van der Waals surface area contributed by atoms with Crippen molar-refractivity contribution in [3.8, 4) is 0 Å². The summed E-state index contributed by atoms with van der Waals surface area (Å²) in [5.74, 6) is -2.54. The van der Waals surface area contributed by atoms with E-state index in [0.717, 1.165) is 11.3 Å². The van der Waals surface area contributed by atoms with Crippen molar-refractivity contribution in [1.29, 1.82) is 0 Å². The monoisotopic (exact) mass is 516 g/mol. The van der Waals surface area contributed by atoms with Crippen molar-refractivity contribution in [1.82, 2.24) is 30.0 Å². The van der Waals surface area contributed by atoms with Crippen LogP contribution in [0.3, 0.4) is 0 Å². The number of nitrogens with zero attached hydrogens (tertiary/aromatic N) is 7. The summed E-state index contributed by atoms with van der Waals surface area (Å²) in [5.41, 5.74) is 6.43. The molecule has 5 rings (SSSR count). The number of carboxylic acids is 1. The van der Waals surface area contributed by atoms with Crippen LogP contribution in [0, 0.1) is 0 Å². The number of carbonyl (C=O) groups is 3. The van der Waals surface area contributed by atoms with E-state index in [1.54, 1.807) is 28.3 Å². The van der Waals surface area contributed by atoms with Crippen LogP contribution in [-0.4, -0.2) is 77.1 Å². The van der Waals surface area contributed by atoms with Gasteiger partial charge in [0, 0.05) is 16.1 Å². The van der Waals surface area contributed by atoms with Gasteiger partial charge in [0.15, 0.2) is 16.5 Å². The molecule has 0 bridgehead atoms. The van der Waals surface area contributed by atoms with E-state index in [1.165, 1.54) is 34.7 Å². The number of aromatic nitrogens is 5. The molecule has 35 heavy (non-hydrogen) atoms. The lowest BCUT2D eigenvalue weighted by molar-refractivity contribution is -0.556. The third kappa shape index (κ3) is 3.66. The fraction of sp³-hybridized carbons (Fsp3) is 0.263. The first-order valence-corrected chi connectivity index (χ1v) is 11.9. The van der Waals surface area contributed by atoms with E-state index in [0.29, 0.717) is 11.3 Å². The highest BCUT2D eigenvalue weighted by Gasteiger charge is 2.57. The molecule has 4 N–H and O–H groups in total. The van der Waals surface area contributed by atoms with Crippen LogP contribution in [-0.2, 0) is 19.2 Å². The molecule has 0 aliphatic carbocycles. The van der Waals surface area contributed by atoms with Crippen molar-refractivity contribution < 1.29 is 28.9 Å². The van der Waals surface area contributed by atoms with E-state index in [9.17, 15) is 19.5 Å². The van der Waals surface area contributed by atoms with Gasteiger partial charge < -0.3 is 21.0 Å². The molecular weight excluding hydrogens is 498 g/mol. The van der Waals surface area contributed by atoms with Crippen molar-refractivity contribution in [2.75, 3.05) is 12.8 Å². The first-order chi connectivity index (χ1) is 16.8. The summed E-state index contributed by atoms with van der Waals surface area (Å²) >= 11 is 2.46. The second-order valence-electron chi connectivity index (χ2n) is 7.43. The van der Waals surface area contributed by atoms with E-state index >= 15 is 0 Å². The van der Waals surface area contributed by atoms with Gasteiger partial charge in [-0.1, -0.05) is 10.3 Å². The molecule has 16 heteroatoms. The molecule has 1 saturated heterocycles. The molecule has 0 aromatic carbocycles. The molecule has 3 atom stereocenters. The Labute approximate surface area is 205 Å². The van der Waals surface area contributed by atoms with Gasteiger partial charge in [-0.2, -0.15) is 4.57 Å². The number of nitrogen functional groups attached to an aromatic ring is 1. The van der Waals surface area contributed by atoms with Gasteiger partial charge in [-0.15, -0.1) is 23.1 Å². The van der Waals surface area contributed by atoms with E-state index in [-0.39, 0.29) is 27.5 Å². The minimum absolute atomic E-state index is 0.148. The van der Waals surface area contributed by atoms with Gasteiger partial charge in [0.2, 0.25) is 0 Å². The first-order valence-electron chi connectivity index (χ1n) is 10.1. The minimum atomic E-state index is -1.27. The van der Waals surface area contributed by atoms with Crippen LogP contribution in [0.5, 0.6) is 0 Å². The molecule has 14 nitrogen and oxygen atoms in total. The number of nitrogens with two attached hydrogens (primary N) is 1. The smallest absolute Gasteiger partial charge is 0.356 e. The number of thiazole rings is 1. The van der Waals surface area contributed by atoms with Crippen LogP contribution in [0.25, 0.3) is 11.3 Å². The summed E-state index contributed by atoms with van der Waals surface area (Å²) in [5, 5.41) is 25.4. The van der Waals surface area contributed by atoms with Crippen molar-refractivity contribution in [3.63, 3.8) is 0 Å². The van der Waals surface area contributed by atoms with Crippen molar-refractivity contribution in [2.24, 2.45) is 5.16 Å². The van der Waals surface area contributed by atoms with Crippen LogP contribution in [0.4, 0.5) is 5.13 Å². The Morgan fingerprint density at radius 3 is 2.86 bits per heavy atom. The molecule has 180 valence electrons. The molecule has 3 aromatic heterocycles. The number of thioether (sulfide) groups is 1. The summed E-state index contributed by atoms with van der Waals surface area (Å²) in [7, 11) is 1.27. The van der Waals surface area contributed by atoms with Crippen LogP contribution < -0.4 is 15.6 Å². The zero-order valence-electron chi connectivity index (χ0n) is 18.2. The van der Waals surface area contributed by atoms with Crippen LogP contribution in [0.1, 0.15) is 12.6 Å². The third-order valence-electron chi connectivity index (χ3n) is 5.40. The largest absolute Gasteiger partial charge is 0.476 e. The number of hydrogen-bond donors (Lipinski definition) is 3. The van der Waals surface area contributed by atoms with Crippen molar-refractivity contribution in [2.45, 2.75) is 23.6 Å². The fourth-order valence-corrected chi connectivity index (χ4v) is 5.95. The van der Waals surface area contributed by atoms with Gasteiger partial charge in [-0.3, -0.25) is 14.5 Å². The third-order valence-corrected chi connectivity index (χ3v) is 7.47. The molecule has 3 aromatic rings. The molecule has 2 aliphatic heterocycles. The number of fused-ring (bicyclic) bond motifs is 2. The number of oxime groups is 1. The maximum absolute atomic E-state index is 13.1. The predicted octanol–water partition coefficient (Wildman–Crippen LogP) is -0.852. The zero-order chi connectivity index (χ0) is 24.9. The van der Waals surface area contributed by atoms with Gasteiger partial charge in [-0.25, -0.2) is 9.78 Å². The molecule has 0 radical (unpaired) electrons. The zero-order valence-corrected chi connectivity index (χ0v) is 19.9. The SMILES string of the molecule is CO/N=C(\C(=O)NC1C(=O)N2C(C(=O)O)=C([n+]3cnn4ncccc43)C(C)S[C@H]12)c1csc(N)n1. The van der Waals surface area contributed by atoms with Crippen LogP contribution >= 0.6 is 23.1 Å². The summed E-state index contributed by atoms with van der Waals surface area (Å²) in [6, 6.07) is 2.46. The number of rotatable bonds is 6. The van der Waals surface area contributed by atoms with E-state index < -0.39 is 29.2 Å². The van der Waals surface area contributed by atoms with Crippen molar-refractivity contribution >= 4 is 63.1 Å². The number of β-lactam (4-membered cyclic amide) rings is 1. The lowest BCUT2D eigenvalue weighted by atomic mass is 10.0. The fourth-order valence-electron chi connectivity index (χ4n) is 3.96. The van der Waals surface area contributed by atoms with Gasteiger partial charge in [-0.05, 0) is 13.0 Å². The standard InChI is InChI=1S/C19H17N9O5S2/c1-8-13(26-7-22-28-10(26)4-3-5-21-28)14(18(31)32)27-16(30)12(17(27)35-8)24-15(29)11(25-33-2)9-6-34-19(20)23-9/h3-8,12,17H,1-2H3,(H3-,20,23,24,29,31,32)/p+1/b25-11-/t8?,12?,17-/m1/s1. The molecule has 0 saturated carbocycles. The number of carboxylic acid groups (broad SMARTS) is 1. The van der Waals surface area contributed by atoms with Gasteiger partial charge >= 0.3 is 5.97 Å². The average Bonchev–Trinajstić information content (AvgIpc) is 3.46. The topological polar surface area (TPSA) is 181 Å². The maximum atomic E-state index is 13.1. The summed E-state index contributed by atoms with van der Waals surface area (Å²) in [6.07, 6.45) is 3.01. The quantitative estimate of drug-likeness (QED) is 0.161. The molecule has 2 unspecified atom stereocenters. The van der Waals surface area contributed by atoms with Crippen molar-refractivity contribution in [3.05, 3.63) is 41.4 Å². The highest BCUT2D eigenvalue weighted by atomic mass is 32.2. The summed E-state index contributed by atoms with van der Waals surface area (Å²) in [4.78, 5) is 48.3. The van der Waals surface area contributed by atoms with Gasteiger partial charge in [0.25, 0.3) is 23.8 Å². The van der Waals surface area contributed by atoms with Gasteiger partial charge in [0.05, 0.1) is 16.5 Å². The number of amides is 2. The Morgan fingerprint density at radius 1 is 1.37 bits per heavy atom. The number of aliphatic carboxylic acids is 1. The Hall–Kier alpha value is -4.05. The Morgan fingerprint density at radius 2 is 2.17 bits per heavy atom. The Balaban J connectivity index is 1.47. The van der Waals surface area contributed by atoms with Gasteiger partial charge in [0.1, 0.15) is 29.9 Å². The second kappa shape index (κ2) is 8.62. The Kier molecular flexibility index (Phi) is 5.60. The molecule has 1 fully saturated rings. The number of nitrogens with one attached hydrogen (secondary N) is 1. The van der Waals surface area contributed by atoms with Crippen LogP contribution in [0.15, 0.2) is 40.9 Å². The molecule has 5 heterocycles. The Bertz CT molecular complexity index is 1430. The summed E-state index contributed by atoms with van der Waals surface area (Å²) in [6.45, 7) is 1.82. The molecule has 2 aliphatic rings. The molecule has 0 spiro atoms. The normalized spacial score (nSPS) is 22.1. The number of hydrogen-bond acceptors (Lipinski definition) is 11. The highest BCUT2D eigenvalue weighted by molar-refractivity contribution is 8.01. The van der Waals surface area contributed by atoms with E-state index in [1.807, 2.05) is 6.92 Å². The number of anilines is 1. The maximum Gasteiger partial charge on any atom is 0.356 e. The summed E-state index contributed by atoms with van der Waals surface area (Å²) < 4.78 is 2.96. The average molecular weight is 517 g/mol. The van der Waals surface area contributed by atoms with E-state index in [2.05, 4.69) is 25.7 Å². The van der Waals surface area contributed by atoms with Crippen LogP contribution in [0.2, 0.25) is 0 Å². The second-order valence-corrected chi connectivity index (χ2v) is 9.78. The number of carbonyl (C=O) groups excluding carboxylic acids is 2.